The lowest BCUT2D eigenvalue weighted by Gasteiger charge is -2.05. The van der Waals surface area contributed by atoms with Crippen LogP contribution in [0.3, 0.4) is 0 Å². The van der Waals surface area contributed by atoms with E-state index >= 15 is 0 Å². The monoisotopic (exact) mass is 242 g/mol. The van der Waals surface area contributed by atoms with Crippen LogP contribution in [0.25, 0.3) is 0 Å². The number of nitrogens with two attached hydrogens (primary N) is 2. The molecule has 0 radical (unpaired) electrons. The minimum absolute atomic E-state index is 0.00137. The number of hydrogen-bond donors (Lipinski definition) is 3. The molecule has 0 amide bonds. The molecule has 0 unspecified atom stereocenters. The molecule has 6 nitrogen and oxygen atoms in total. The van der Waals surface area contributed by atoms with Crippen molar-refractivity contribution in [3.8, 4) is 0 Å². The number of sulfonamides is 1. The molecule has 1 aromatic carbocycles. The van der Waals surface area contributed by atoms with Gasteiger partial charge in [-0.25, -0.2) is 13.4 Å². The molecule has 0 bridgehead atoms. The van der Waals surface area contributed by atoms with Gasteiger partial charge in [0.1, 0.15) is 0 Å². The molecule has 16 heavy (non-hydrogen) atoms. The predicted octanol–water partition coefficient (Wildman–Crippen LogP) is -0.168. The van der Waals surface area contributed by atoms with E-state index in [0.29, 0.717) is 12.2 Å². The van der Waals surface area contributed by atoms with Gasteiger partial charge >= 0.3 is 0 Å². The van der Waals surface area contributed by atoms with Crippen LogP contribution in [0.15, 0.2) is 29.3 Å². The number of guanidine groups is 1. The van der Waals surface area contributed by atoms with Crippen molar-refractivity contribution in [3.63, 3.8) is 0 Å². The summed E-state index contributed by atoms with van der Waals surface area (Å²) in [6, 6.07) is 6.86. The molecule has 0 aliphatic carbocycles. The summed E-state index contributed by atoms with van der Waals surface area (Å²) in [6.45, 7) is 0.321. The first-order valence-corrected chi connectivity index (χ1v) is 6.38. The van der Waals surface area contributed by atoms with Crippen LogP contribution in [0, 0.1) is 0 Å². The van der Waals surface area contributed by atoms with Crippen LogP contribution in [0.2, 0.25) is 0 Å². The fourth-order valence-corrected chi connectivity index (χ4v) is 1.68. The second-order valence-corrected chi connectivity index (χ2v) is 5.06. The third-order valence-corrected chi connectivity index (χ3v) is 2.28. The molecular weight excluding hydrogens is 228 g/mol. The Labute approximate surface area is 94.4 Å². The Morgan fingerprint density at radius 1 is 1.44 bits per heavy atom. The molecule has 0 fully saturated rings. The van der Waals surface area contributed by atoms with E-state index in [1.807, 2.05) is 0 Å². The van der Waals surface area contributed by atoms with Gasteiger partial charge in [0.05, 0.1) is 12.8 Å². The Morgan fingerprint density at radius 2 is 2.12 bits per heavy atom. The number of aliphatic imine (C=N–C) groups is 1. The average molecular weight is 242 g/mol. The van der Waals surface area contributed by atoms with Gasteiger partial charge in [0.15, 0.2) is 5.96 Å². The van der Waals surface area contributed by atoms with E-state index in [9.17, 15) is 8.42 Å². The molecule has 0 aliphatic rings. The van der Waals surface area contributed by atoms with E-state index < -0.39 is 10.0 Å². The Hall–Kier alpha value is -1.76. The molecule has 0 aliphatic heterocycles. The van der Waals surface area contributed by atoms with Gasteiger partial charge in [0.2, 0.25) is 10.0 Å². The minimum atomic E-state index is -3.26. The molecule has 88 valence electrons. The summed E-state index contributed by atoms with van der Waals surface area (Å²) >= 11 is 0. The topological polar surface area (TPSA) is 111 Å². The zero-order valence-electron chi connectivity index (χ0n) is 8.84. The van der Waals surface area contributed by atoms with Gasteiger partial charge in [-0.1, -0.05) is 12.1 Å². The summed E-state index contributed by atoms with van der Waals surface area (Å²) in [5.41, 5.74) is 11.7. The first-order valence-electron chi connectivity index (χ1n) is 4.49. The van der Waals surface area contributed by atoms with Crippen molar-refractivity contribution in [2.45, 2.75) is 6.54 Å². The standard InChI is InChI=1S/C9H14N4O2S/c1-16(14,15)13-8-4-2-3-7(5-8)6-12-9(10)11/h2-5,13H,6H2,1H3,(H4,10,11,12). The van der Waals surface area contributed by atoms with E-state index in [0.717, 1.165) is 11.8 Å². The second-order valence-electron chi connectivity index (χ2n) is 3.32. The van der Waals surface area contributed by atoms with E-state index in [-0.39, 0.29) is 5.96 Å². The lowest BCUT2D eigenvalue weighted by atomic mass is 10.2. The molecule has 0 atom stereocenters. The van der Waals surface area contributed by atoms with Crippen LogP contribution < -0.4 is 16.2 Å². The normalized spacial score (nSPS) is 10.8. The number of rotatable bonds is 4. The second kappa shape index (κ2) is 4.84. The first-order chi connectivity index (χ1) is 7.37. The fraction of sp³-hybridized carbons (Fsp3) is 0.222. The summed E-state index contributed by atoms with van der Waals surface area (Å²) < 4.78 is 24.4. The Morgan fingerprint density at radius 3 is 2.69 bits per heavy atom. The Balaban J connectivity index is 2.83. The third kappa shape index (κ3) is 4.65. The third-order valence-electron chi connectivity index (χ3n) is 1.67. The van der Waals surface area contributed by atoms with E-state index in [1.54, 1.807) is 24.3 Å². The zero-order chi connectivity index (χ0) is 12.2. The van der Waals surface area contributed by atoms with E-state index in [4.69, 9.17) is 11.5 Å². The number of benzene rings is 1. The van der Waals surface area contributed by atoms with E-state index in [2.05, 4.69) is 9.71 Å². The Kier molecular flexibility index (Phi) is 3.73. The maximum Gasteiger partial charge on any atom is 0.229 e. The van der Waals surface area contributed by atoms with Gasteiger partial charge in [0.25, 0.3) is 0 Å². The molecule has 0 spiro atoms. The molecule has 0 heterocycles. The maximum atomic E-state index is 11.0. The highest BCUT2D eigenvalue weighted by Crippen LogP contribution is 2.12. The van der Waals surface area contributed by atoms with Gasteiger partial charge in [-0.3, -0.25) is 4.72 Å². The van der Waals surface area contributed by atoms with E-state index in [1.165, 1.54) is 0 Å². The molecule has 0 aromatic heterocycles. The molecule has 5 N–H and O–H groups in total. The molecule has 7 heteroatoms. The van der Waals surface area contributed by atoms with Crippen molar-refractivity contribution < 1.29 is 8.42 Å². The van der Waals surface area contributed by atoms with Crippen LogP contribution in [0.1, 0.15) is 5.56 Å². The van der Waals surface area contributed by atoms with Crippen LogP contribution in [-0.2, 0) is 16.6 Å². The Bertz CT molecular complexity index is 492. The zero-order valence-corrected chi connectivity index (χ0v) is 9.66. The molecule has 1 aromatic rings. The smallest absolute Gasteiger partial charge is 0.229 e. The van der Waals surface area contributed by atoms with Crippen molar-refractivity contribution >= 4 is 21.7 Å². The highest BCUT2D eigenvalue weighted by molar-refractivity contribution is 7.92. The number of hydrogen-bond acceptors (Lipinski definition) is 3. The van der Waals surface area contributed by atoms with Crippen molar-refractivity contribution in [2.75, 3.05) is 11.0 Å². The van der Waals surface area contributed by atoms with Crippen molar-refractivity contribution in [2.24, 2.45) is 16.5 Å². The highest BCUT2D eigenvalue weighted by atomic mass is 32.2. The van der Waals surface area contributed by atoms with Gasteiger partial charge < -0.3 is 11.5 Å². The largest absolute Gasteiger partial charge is 0.370 e. The molecular formula is C9H14N4O2S. The number of anilines is 1. The van der Waals surface area contributed by atoms with Crippen molar-refractivity contribution in [1.82, 2.24) is 0 Å². The lowest BCUT2D eigenvalue weighted by Crippen LogP contribution is -2.22. The molecule has 0 saturated carbocycles. The summed E-state index contributed by atoms with van der Waals surface area (Å²) in [6.07, 6.45) is 1.09. The van der Waals surface area contributed by atoms with Crippen LogP contribution >= 0.6 is 0 Å². The summed E-state index contributed by atoms with van der Waals surface area (Å²) in [5, 5.41) is 0. The maximum absolute atomic E-state index is 11.0. The molecule has 1 rings (SSSR count). The van der Waals surface area contributed by atoms with Crippen molar-refractivity contribution in [3.05, 3.63) is 29.8 Å². The average Bonchev–Trinajstić information content (AvgIpc) is 2.12. The fourth-order valence-electron chi connectivity index (χ4n) is 1.13. The minimum Gasteiger partial charge on any atom is -0.370 e. The number of nitrogens with zero attached hydrogens (tertiary/aromatic N) is 1. The highest BCUT2D eigenvalue weighted by Gasteiger charge is 2.01. The van der Waals surface area contributed by atoms with Crippen LogP contribution in [0.4, 0.5) is 5.69 Å². The summed E-state index contributed by atoms with van der Waals surface area (Å²) in [4.78, 5) is 3.83. The lowest BCUT2D eigenvalue weighted by molar-refractivity contribution is 0.607. The molecule has 0 saturated heterocycles. The van der Waals surface area contributed by atoms with Crippen LogP contribution in [0.5, 0.6) is 0 Å². The van der Waals surface area contributed by atoms with Gasteiger partial charge in [0, 0.05) is 5.69 Å². The quantitative estimate of drug-likeness (QED) is 0.503. The van der Waals surface area contributed by atoms with Gasteiger partial charge in [-0.05, 0) is 17.7 Å². The van der Waals surface area contributed by atoms with Gasteiger partial charge in [-0.15, -0.1) is 0 Å². The van der Waals surface area contributed by atoms with Crippen molar-refractivity contribution in [1.29, 1.82) is 0 Å². The predicted molar refractivity (Wildman–Crippen MR) is 64.4 cm³/mol. The SMILES string of the molecule is CS(=O)(=O)Nc1cccc(CN=C(N)N)c1. The summed E-state index contributed by atoms with van der Waals surface area (Å²) in [5.74, 6) is 0.00137. The number of nitrogens with one attached hydrogen (secondary N) is 1. The van der Waals surface area contributed by atoms with Gasteiger partial charge in [-0.2, -0.15) is 0 Å². The first kappa shape index (κ1) is 12.3. The van der Waals surface area contributed by atoms with Crippen LogP contribution in [-0.4, -0.2) is 20.6 Å². The summed E-state index contributed by atoms with van der Waals surface area (Å²) in [7, 11) is -3.26.